The van der Waals surface area contributed by atoms with Gasteiger partial charge in [-0.15, -0.1) is 0 Å². The fourth-order valence-electron chi connectivity index (χ4n) is 2.03. The molecule has 1 aliphatic rings. The summed E-state index contributed by atoms with van der Waals surface area (Å²) in [7, 11) is 0. The van der Waals surface area contributed by atoms with Gasteiger partial charge in [-0.1, -0.05) is 11.5 Å². The van der Waals surface area contributed by atoms with Crippen molar-refractivity contribution in [2.45, 2.75) is 44.3 Å². The zero-order valence-electron chi connectivity index (χ0n) is 9.96. The normalized spacial score (nSPS) is 21.1. The first kappa shape index (κ1) is 13.8. The quantitative estimate of drug-likeness (QED) is 0.307. The van der Waals surface area contributed by atoms with E-state index in [1.54, 1.807) is 4.90 Å². The molecule has 4 N–H and O–H groups in total. The van der Waals surface area contributed by atoms with Crippen LogP contribution in [0.4, 0.5) is 0 Å². The van der Waals surface area contributed by atoms with Crippen LogP contribution >= 0.6 is 0 Å². The Morgan fingerprint density at radius 2 is 2.35 bits per heavy atom. The third-order valence-electron chi connectivity index (χ3n) is 2.98. The molecule has 0 aromatic carbocycles. The molecule has 0 aliphatic carbocycles. The molecule has 17 heavy (non-hydrogen) atoms. The van der Waals surface area contributed by atoms with Crippen molar-refractivity contribution < 1.29 is 4.79 Å². The second-order valence-corrected chi connectivity index (χ2v) is 4.25. The number of nitrogens with two attached hydrogens (primary N) is 2. The topological polar surface area (TPSA) is 121 Å². The molecule has 96 valence electrons. The zero-order valence-corrected chi connectivity index (χ0v) is 9.96. The van der Waals surface area contributed by atoms with Gasteiger partial charge in [0.05, 0.1) is 6.04 Å². The van der Waals surface area contributed by atoms with Gasteiger partial charge < -0.3 is 16.4 Å². The fourth-order valence-corrected chi connectivity index (χ4v) is 2.03. The van der Waals surface area contributed by atoms with Gasteiger partial charge >= 0.3 is 0 Å². The van der Waals surface area contributed by atoms with Crippen LogP contribution in [0.5, 0.6) is 0 Å². The minimum Gasteiger partial charge on any atom is -0.332 e. The molecule has 1 saturated heterocycles. The van der Waals surface area contributed by atoms with E-state index in [0.29, 0.717) is 19.5 Å². The van der Waals surface area contributed by atoms with Gasteiger partial charge in [-0.25, -0.2) is 0 Å². The van der Waals surface area contributed by atoms with Crippen LogP contribution < -0.4 is 11.5 Å². The largest absolute Gasteiger partial charge is 0.332 e. The highest BCUT2D eigenvalue weighted by Gasteiger charge is 2.30. The molecule has 1 aliphatic heterocycles. The predicted octanol–water partition coefficient (Wildman–Crippen LogP) is 0.701. The van der Waals surface area contributed by atoms with Crippen molar-refractivity contribution >= 4 is 5.91 Å². The standard InChI is InChI=1S/C10H20N6O/c11-6-2-1-4-8(12)10(17)16-7-3-5-9(16)14-15-13/h8-9H,1-7,11-12H2/t8-,9?/m0/s1. The van der Waals surface area contributed by atoms with Gasteiger partial charge in [0, 0.05) is 11.5 Å². The molecule has 0 aromatic heterocycles. The lowest BCUT2D eigenvalue weighted by Crippen LogP contribution is -2.45. The molecule has 7 nitrogen and oxygen atoms in total. The lowest BCUT2D eigenvalue weighted by Gasteiger charge is -2.24. The van der Waals surface area contributed by atoms with Crippen molar-refractivity contribution in [1.82, 2.24) is 4.90 Å². The van der Waals surface area contributed by atoms with Crippen LogP contribution in [0.3, 0.4) is 0 Å². The van der Waals surface area contributed by atoms with Gasteiger partial charge in [-0.3, -0.25) is 4.79 Å². The highest BCUT2D eigenvalue weighted by molar-refractivity contribution is 5.82. The summed E-state index contributed by atoms with van der Waals surface area (Å²) in [5, 5.41) is 3.62. The summed E-state index contributed by atoms with van der Waals surface area (Å²) in [4.78, 5) is 16.4. The van der Waals surface area contributed by atoms with E-state index in [1.165, 1.54) is 0 Å². The minimum atomic E-state index is -0.504. The summed E-state index contributed by atoms with van der Waals surface area (Å²) in [5.74, 6) is -0.114. The van der Waals surface area contributed by atoms with Crippen LogP contribution in [0, 0.1) is 0 Å². The zero-order chi connectivity index (χ0) is 12.7. The lowest BCUT2D eigenvalue weighted by atomic mass is 10.1. The molecule has 0 bridgehead atoms. The van der Waals surface area contributed by atoms with Crippen LogP contribution in [0.15, 0.2) is 5.11 Å². The second-order valence-electron chi connectivity index (χ2n) is 4.25. The summed E-state index contributed by atoms with van der Waals surface area (Å²) >= 11 is 0. The van der Waals surface area contributed by atoms with E-state index in [4.69, 9.17) is 17.0 Å². The van der Waals surface area contributed by atoms with E-state index in [9.17, 15) is 4.79 Å². The number of hydrogen-bond acceptors (Lipinski definition) is 4. The van der Waals surface area contributed by atoms with Gasteiger partial charge in [0.1, 0.15) is 6.17 Å². The lowest BCUT2D eigenvalue weighted by molar-refractivity contribution is -0.133. The summed E-state index contributed by atoms with van der Waals surface area (Å²) < 4.78 is 0. The van der Waals surface area contributed by atoms with Crippen molar-refractivity contribution in [3.8, 4) is 0 Å². The third-order valence-corrected chi connectivity index (χ3v) is 2.98. The highest BCUT2D eigenvalue weighted by atomic mass is 16.2. The first-order chi connectivity index (χ1) is 8.20. The first-order valence-electron chi connectivity index (χ1n) is 6.01. The van der Waals surface area contributed by atoms with E-state index in [0.717, 1.165) is 25.7 Å². The number of amides is 1. The Bertz CT molecular complexity index is 301. The Morgan fingerprint density at radius 3 is 3.00 bits per heavy atom. The van der Waals surface area contributed by atoms with E-state index >= 15 is 0 Å². The van der Waals surface area contributed by atoms with Gasteiger partial charge in [0.15, 0.2) is 0 Å². The third kappa shape index (κ3) is 3.89. The number of nitrogens with zero attached hydrogens (tertiary/aromatic N) is 4. The first-order valence-corrected chi connectivity index (χ1v) is 6.01. The number of rotatable bonds is 6. The van der Waals surface area contributed by atoms with Gasteiger partial charge in [-0.2, -0.15) is 0 Å². The van der Waals surface area contributed by atoms with Crippen LogP contribution in [0.25, 0.3) is 10.4 Å². The summed E-state index contributed by atoms with van der Waals surface area (Å²) in [6.07, 6.45) is 3.60. The molecule has 1 fully saturated rings. The van der Waals surface area contributed by atoms with Crippen LogP contribution in [0.1, 0.15) is 32.1 Å². The molecule has 0 spiro atoms. The van der Waals surface area contributed by atoms with Crippen molar-refractivity contribution in [3.63, 3.8) is 0 Å². The molecule has 1 amide bonds. The molecule has 1 rings (SSSR count). The summed E-state index contributed by atoms with van der Waals surface area (Å²) in [6, 6.07) is -0.504. The van der Waals surface area contributed by atoms with Gasteiger partial charge in [0.25, 0.3) is 0 Å². The Morgan fingerprint density at radius 1 is 1.59 bits per heavy atom. The predicted molar refractivity (Wildman–Crippen MR) is 64.8 cm³/mol. The SMILES string of the molecule is [N-]=[N+]=NC1CCCN1C(=O)[C@@H](N)CCCCN. The Hall–Kier alpha value is -1.30. The second kappa shape index (κ2) is 7.11. The van der Waals surface area contributed by atoms with Crippen molar-refractivity contribution in [2.24, 2.45) is 16.6 Å². The molecular formula is C10H20N6O. The molecule has 2 atom stereocenters. The number of hydrogen-bond donors (Lipinski definition) is 2. The maximum Gasteiger partial charge on any atom is 0.239 e. The molecular weight excluding hydrogens is 220 g/mol. The molecule has 7 heteroatoms. The summed E-state index contributed by atoms with van der Waals surface area (Å²) in [6.45, 7) is 1.25. The molecule has 1 heterocycles. The number of carbonyl (C=O) groups is 1. The minimum absolute atomic E-state index is 0.114. The maximum absolute atomic E-state index is 12.0. The number of unbranched alkanes of at least 4 members (excludes halogenated alkanes) is 1. The Balaban J connectivity index is 2.47. The number of azide groups is 1. The molecule has 0 aromatic rings. The monoisotopic (exact) mass is 240 g/mol. The van der Waals surface area contributed by atoms with E-state index in [2.05, 4.69) is 10.0 Å². The molecule has 0 saturated carbocycles. The summed E-state index contributed by atoms with van der Waals surface area (Å²) in [5.41, 5.74) is 19.6. The van der Waals surface area contributed by atoms with E-state index in [1.807, 2.05) is 0 Å². The van der Waals surface area contributed by atoms with E-state index in [-0.39, 0.29) is 12.1 Å². The number of carbonyl (C=O) groups excluding carboxylic acids is 1. The average Bonchev–Trinajstić information content (AvgIpc) is 2.77. The average molecular weight is 240 g/mol. The Kier molecular flexibility index (Phi) is 5.76. The van der Waals surface area contributed by atoms with Crippen molar-refractivity contribution in [2.75, 3.05) is 13.1 Å². The smallest absolute Gasteiger partial charge is 0.239 e. The van der Waals surface area contributed by atoms with E-state index < -0.39 is 6.04 Å². The number of likely N-dealkylation sites (tertiary alicyclic amines) is 1. The Labute approximate surface area is 101 Å². The maximum atomic E-state index is 12.0. The van der Waals surface area contributed by atoms with Crippen LogP contribution in [-0.2, 0) is 4.79 Å². The van der Waals surface area contributed by atoms with Crippen LogP contribution in [0.2, 0.25) is 0 Å². The molecule has 1 unspecified atom stereocenters. The fraction of sp³-hybridized carbons (Fsp3) is 0.900. The van der Waals surface area contributed by atoms with Crippen molar-refractivity contribution in [1.29, 1.82) is 0 Å². The molecule has 0 radical (unpaired) electrons. The van der Waals surface area contributed by atoms with Crippen LogP contribution in [-0.4, -0.2) is 36.1 Å². The van der Waals surface area contributed by atoms with Gasteiger partial charge in [0.2, 0.25) is 5.91 Å². The van der Waals surface area contributed by atoms with Gasteiger partial charge in [-0.05, 0) is 37.8 Å². The van der Waals surface area contributed by atoms with Crippen molar-refractivity contribution in [3.05, 3.63) is 10.4 Å². The highest BCUT2D eigenvalue weighted by Crippen LogP contribution is 2.19.